The number of benzene rings is 1. The predicted molar refractivity (Wildman–Crippen MR) is 73.9 cm³/mol. The summed E-state index contributed by atoms with van der Waals surface area (Å²) in [6, 6.07) is 7.54. The van der Waals surface area contributed by atoms with E-state index in [1.807, 2.05) is 24.3 Å². The van der Waals surface area contributed by atoms with E-state index >= 15 is 0 Å². The first-order valence-corrected chi connectivity index (χ1v) is 6.20. The third-order valence-electron chi connectivity index (χ3n) is 2.80. The second-order valence-corrected chi connectivity index (χ2v) is 5.34. The Balaban J connectivity index is 2.83. The first kappa shape index (κ1) is 14.4. The normalized spacial score (nSPS) is 11.8. The topological polar surface area (TPSA) is 34.1 Å². The van der Waals surface area contributed by atoms with Crippen molar-refractivity contribution in [2.45, 2.75) is 39.5 Å². The number of ketones is 2. The minimum absolute atomic E-state index is 0.0327. The van der Waals surface area contributed by atoms with Crippen molar-refractivity contribution in [3.63, 3.8) is 0 Å². The van der Waals surface area contributed by atoms with Crippen LogP contribution in [0.25, 0.3) is 0 Å². The van der Waals surface area contributed by atoms with Crippen molar-refractivity contribution in [2.24, 2.45) is 0 Å². The third kappa shape index (κ3) is 3.95. The lowest BCUT2D eigenvalue weighted by atomic mass is 9.86. The van der Waals surface area contributed by atoms with Gasteiger partial charge in [0, 0.05) is 12.0 Å². The molecule has 1 rings (SSSR count). The number of allylic oxidation sites excluding steroid dienone is 2. The van der Waals surface area contributed by atoms with E-state index in [4.69, 9.17) is 0 Å². The Morgan fingerprint density at radius 2 is 1.61 bits per heavy atom. The van der Waals surface area contributed by atoms with Crippen LogP contribution in [0.3, 0.4) is 0 Å². The average Bonchev–Trinajstić information content (AvgIpc) is 2.34. The lowest BCUT2D eigenvalue weighted by molar-refractivity contribution is -0.114. The summed E-state index contributed by atoms with van der Waals surface area (Å²) in [5, 5.41) is 0. The molecule has 18 heavy (non-hydrogen) atoms. The van der Waals surface area contributed by atoms with E-state index in [1.165, 1.54) is 17.7 Å². The molecule has 0 radical (unpaired) electrons. The number of carbonyl (C=O) groups excluding carboxylic acids is 2. The van der Waals surface area contributed by atoms with Crippen LogP contribution in [0.1, 0.15) is 50.0 Å². The van der Waals surface area contributed by atoms with Gasteiger partial charge in [-0.25, -0.2) is 0 Å². The lowest BCUT2D eigenvalue weighted by Gasteiger charge is -2.18. The van der Waals surface area contributed by atoms with Gasteiger partial charge in [0.25, 0.3) is 0 Å². The molecule has 0 bridgehead atoms. The monoisotopic (exact) mass is 244 g/mol. The summed E-state index contributed by atoms with van der Waals surface area (Å²) in [5.74, 6) is -0.160. The van der Waals surface area contributed by atoms with Crippen LogP contribution in [-0.4, -0.2) is 11.6 Å². The molecule has 0 aromatic heterocycles. The van der Waals surface area contributed by atoms with Gasteiger partial charge in [-0.2, -0.15) is 0 Å². The molecule has 0 unspecified atom stereocenters. The van der Waals surface area contributed by atoms with Gasteiger partial charge in [-0.3, -0.25) is 9.59 Å². The first-order valence-electron chi connectivity index (χ1n) is 6.20. The highest BCUT2D eigenvalue weighted by Gasteiger charge is 2.13. The molecule has 0 spiro atoms. The van der Waals surface area contributed by atoms with Crippen LogP contribution in [0.5, 0.6) is 0 Å². The fraction of sp³-hybridized carbons (Fsp3) is 0.375. The summed E-state index contributed by atoms with van der Waals surface area (Å²) < 4.78 is 0. The Hall–Kier alpha value is -1.70. The minimum atomic E-state index is -0.128. The maximum Gasteiger partial charge on any atom is 0.185 e. The fourth-order valence-electron chi connectivity index (χ4n) is 1.52. The predicted octanol–water partition coefficient (Wildman–Crippen LogP) is 3.70. The van der Waals surface area contributed by atoms with Crippen LogP contribution in [0.4, 0.5) is 0 Å². The second-order valence-electron chi connectivity index (χ2n) is 5.34. The summed E-state index contributed by atoms with van der Waals surface area (Å²) >= 11 is 0. The molecular formula is C16H20O2. The summed E-state index contributed by atoms with van der Waals surface area (Å²) in [4.78, 5) is 22.9. The molecule has 0 amide bonds. The molecule has 1 aromatic carbocycles. The summed E-state index contributed by atoms with van der Waals surface area (Å²) in [6.45, 7) is 8.16. The van der Waals surface area contributed by atoms with Crippen LogP contribution in [-0.2, 0) is 10.2 Å². The average molecular weight is 244 g/mol. The molecule has 96 valence electrons. The first-order chi connectivity index (χ1) is 8.34. The van der Waals surface area contributed by atoms with E-state index < -0.39 is 0 Å². The van der Waals surface area contributed by atoms with Crippen molar-refractivity contribution in [3.05, 3.63) is 47.5 Å². The van der Waals surface area contributed by atoms with E-state index in [2.05, 4.69) is 20.8 Å². The molecular weight excluding hydrogens is 224 g/mol. The Morgan fingerprint density at radius 3 is 2.06 bits per heavy atom. The Labute approximate surface area is 109 Å². The number of rotatable bonds is 4. The standard InChI is InChI=1S/C16H20O2/c1-5-14(17)10-11-15(18)12-6-8-13(9-7-12)16(2,3)4/h6-11H,5H2,1-4H3/b11-10-. The Bertz CT molecular complexity index is 459. The highest BCUT2D eigenvalue weighted by atomic mass is 16.1. The molecule has 0 atom stereocenters. The van der Waals surface area contributed by atoms with Crippen LogP contribution in [0.2, 0.25) is 0 Å². The summed E-state index contributed by atoms with van der Waals surface area (Å²) in [6.07, 6.45) is 3.12. The molecule has 0 aliphatic carbocycles. The van der Waals surface area contributed by atoms with E-state index in [1.54, 1.807) is 6.92 Å². The van der Waals surface area contributed by atoms with Crippen molar-refractivity contribution in [1.29, 1.82) is 0 Å². The van der Waals surface area contributed by atoms with Gasteiger partial charge in [-0.15, -0.1) is 0 Å². The van der Waals surface area contributed by atoms with Gasteiger partial charge in [-0.1, -0.05) is 52.0 Å². The van der Waals surface area contributed by atoms with Gasteiger partial charge in [-0.05, 0) is 23.1 Å². The molecule has 1 aromatic rings. The molecule has 0 saturated heterocycles. The zero-order chi connectivity index (χ0) is 13.8. The highest BCUT2D eigenvalue weighted by Crippen LogP contribution is 2.22. The molecule has 0 aliphatic heterocycles. The maximum absolute atomic E-state index is 11.8. The number of carbonyl (C=O) groups is 2. The molecule has 0 N–H and O–H groups in total. The second kappa shape index (κ2) is 5.76. The number of hydrogen-bond donors (Lipinski definition) is 0. The van der Waals surface area contributed by atoms with Crippen molar-refractivity contribution in [3.8, 4) is 0 Å². The van der Waals surface area contributed by atoms with Crippen molar-refractivity contribution in [2.75, 3.05) is 0 Å². The number of hydrogen-bond acceptors (Lipinski definition) is 2. The fourth-order valence-corrected chi connectivity index (χ4v) is 1.52. The molecule has 0 aliphatic rings. The van der Waals surface area contributed by atoms with E-state index in [9.17, 15) is 9.59 Å². The zero-order valence-corrected chi connectivity index (χ0v) is 11.5. The van der Waals surface area contributed by atoms with Gasteiger partial charge in [0.05, 0.1) is 0 Å². The van der Waals surface area contributed by atoms with Gasteiger partial charge in [0.2, 0.25) is 0 Å². The largest absolute Gasteiger partial charge is 0.295 e. The van der Waals surface area contributed by atoms with Crippen molar-refractivity contribution in [1.82, 2.24) is 0 Å². The van der Waals surface area contributed by atoms with E-state index in [0.717, 1.165) is 0 Å². The molecule has 0 saturated carbocycles. The molecule has 0 fully saturated rings. The molecule has 0 heterocycles. The van der Waals surface area contributed by atoms with Crippen LogP contribution < -0.4 is 0 Å². The van der Waals surface area contributed by atoms with Gasteiger partial charge in [0.1, 0.15) is 0 Å². The van der Waals surface area contributed by atoms with Gasteiger partial charge < -0.3 is 0 Å². The van der Waals surface area contributed by atoms with Crippen LogP contribution >= 0.6 is 0 Å². The SMILES string of the molecule is CCC(=O)/C=C\C(=O)c1ccc(C(C)(C)C)cc1. The summed E-state index contributed by atoms with van der Waals surface area (Å²) in [7, 11) is 0. The van der Waals surface area contributed by atoms with Crippen LogP contribution in [0.15, 0.2) is 36.4 Å². The van der Waals surface area contributed by atoms with E-state index in [-0.39, 0.29) is 17.0 Å². The lowest BCUT2D eigenvalue weighted by Crippen LogP contribution is -2.11. The van der Waals surface area contributed by atoms with Crippen molar-refractivity contribution < 1.29 is 9.59 Å². The minimum Gasteiger partial charge on any atom is -0.295 e. The van der Waals surface area contributed by atoms with Gasteiger partial charge in [0.15, 0.2) is 11.6 Å². The zero-order valence-electron chi connectivity index (χ0n) is 11.5. The highest BCUT2D eigenvalue weighted by molar-refractivity contribution is 6.07. The molecule has 2 heteroatoms. The van der Waals surface area contributed by atoms with Crippen molar-refractivity contribution >= 4 is 11.6 Å². The molecule has 2 nitrogen and oxygen atoms in total. The van der Waals surface area contributed by atoms with Gasteiger partial charge >= 0.3 is 0 Å². The Kier molecular flexibility index (Phi) is 4.60. The summed E-state index contributed by atoms with van der Waals surface area (Å²) in [5.41, 5.74) is 1.88. The maximum atomic E-state index is 11.8. The quantitative estimate of drug-likeness (QED) is 0.597. The smallest absolute Gasteiger partial charge is 0.185 e. The van der Waals surface area contributed by atoms with Crippen LogP contribution in [0, 0.1) is 0 Å². The Morgan fingerprint density at radius 1 is 1.06 bits per heavy atom. The van der Waals surface area contributed by atoms with E-state index in [0.29, 0.717) is 12.0 Å². The third-order valence-corrected chi connectivity index (χ3v) is 2.80.